The Balaban J connectivity index is 1.74. The van der Waals surface area contributed by atoms with Crippen molar-refractivity contribution in [3.05, 3.63) is 51.8 Å². The van der Waals surface area contributed by atoms with Crippen LogP contribution in [0.25, 0.3) is 4.96 Å². The van der Waals surface area contributed by atoms with Crippen LogP contribution in [0.15, 0.2) is 24.3 Å². The molecule has 0 atom stereocenters. The van der Waals surface area contributed by atoms with Gasteiger partial charge in [-0.3, -0.25) is 4.79 Å². The van der Waals surface area contributed by atoms with Crippen molar-refractivity contribution < 1.29 is 4.79 Å². The molecule has 0 fully saturated rings. The highest BCUT2D eigenvalue weighted by Gasteiger charge is 2.14. The van der Waals surface area contributed by atoms with Gasteiger partial charge in [-0.1, -0.05) is 37.3 Å². The van der Waals surface area contributed by atoms with Crippen molar-refractivity contribution >= 4 is 22.2 Å². The number of imidazole rings is 1. The zero-order chi connectivity index (χ0) is 16.6. The van der Waals surface area contributed by atoms with E-state index in [9.17, 15) is 4.79 Å². The summed E-state index contributed by atoms with van der Waals surface area (Å²) in [7, 11) is 0. The highest BCUT2D eigenvalue weighted by atomic mass is 32.1. The average molecular weight is 328 g/mol. The van der Waals surface area contributed by atoms with Gasteiger partial charge in [-0.25, -0.2) is 9.50 Å². The van der Waals surface area contributed by atoms with Gasteiger partial charge in [-0.05, 0) is 37.5 Å². The van der Waals surface area contributed by atoms with Gasteiger partial charge in [-0.15, -0.1) is 0 Å². The molecule has 0 unspecified atom stereocenters. The van der Waals surface area contributed by atoms with Crippen LogP contribution in [0.4, 0.5) is 0 Å². The summed E-state index contributed by atoms with van der Waals surface area (Å²) in [6, 6.07) is 7.75. The quantitative estimate of drug-likeness (QED) is 0.798. The topological polar surface area (TPSA) is 59.3 Å². The Morgan fingerprint density at radius 1 is 1.26 bits per heavy atom. The number of carbonyl (C=O) groups is 1. The number of fused-ring (bicyclic) bond motifs is 1. The van der Waals surface area contributed by atoms with E-state index in [4.69, 9.17) is 0 Å². The second-order valence-electron chi connectivity index (χ2n) is 5.92. The van der Waals surface area contributed by atoms with E-state index in [-0.39, 0.29) is 5.91 Å². The van der Waals surface area contributed by atoms with E-state index in [1.54, 1.807) is 11.3 Å². The molecule has 0 radical (unpaired) electrons. The van der Waals surface area contributed by atoms with Crippen LogP contribution >= 0.6 is 11.3 Å². The van der Waals surface area contributed by atoms with E-state index in [1.165, 1.54) is 5.56 Å². The smallest absolute Gasteiger partial charge is 0.251 e. The summed E-state index contributed by atoms with van der Waals surface area (Å²) < 4.78 is 1.82. The van der Waals surface area contributed by atoms with Gasteiger partial charge < -0.3 is 5.32 Å². The summed E-state index contributed by atoms with van der Waals surface area (Å²) in [5.74, 6) is 0.379. The van der Waals surface area contributed by atoms with Gasteiger partial charge in [0, 0.05) is 5.56 Å². The Labute approximate surface area is 139 Å². The lowest BCUT2D eigenvalue weighted by atomic mass is 10.0. The fourth-order valence-corrected chi connectivity index (χ4v) is 3.28. The molecule has 0 saturated heterocycles. The van der Waals surface area contributed by atoms with Crippen molar-refractivity contribution in [2.24, 2.45) is 0 Å². The molecule has 3 rings (SSSR count). The summed E-state index contributed by atoms with van der Waals surface area (Å²) in [5.41, 5.74) is 3.73. The van der Waals surface area contributed by atoms with Gasteiger partial charge in [0.2, 0.25) is 4.96 Å². The third kappa shape index (κ3) is 3.12. The van der Waals surface area contributed by atoms with Crippen LogP contribution in [0.5, 0.6) is 0 Å². The van der Waals surface area contributed by atoms with Crippen molar-refractivity contribution in [3.63, 3.8) is 0 Å². The molecule has 6 heteroatoms. The molecule has 0 spiro atoms. The van der Waals surface area contributed by atoms with Crippen molar-refractivity contribution in [1.29, 1.82) is 0 Å². The molecule has 2 aromatic heterocycles. The largest absolute Gasteiger partial charge is 0.346 e. The fraction of sp³-hybridized carbons (Fsp3) is 0.353. The number of nitrogens with one attached hydrogen (secondary N) is 1. The molecule has 0 aliphatic carbocycles. The van der Waals surface area contributed by atoms with Gasteiger partial charge >= 0.3 is 0 Å². The summed E-state index contributed by atoms with van der Waals surface area (Å²) in [6.45, 7) is 8.58. The molecule has 0 bridgehead atoms. The van der Waals surface area contributed by atoms with Crippen LogP contribution in [-0.2, 0) is 6.54 Å². The molecule has 0 saturated carbocycles. The second-order valence-corrected chi connectivity index (χ2v) is 7.08. The third-order valence-corrected chi connectivity index (χ3v) is 4.68. The number of rotatable bonds is 4. The highest BCUT2D eigenvalue weighted by molar-refractivity contribution is 7.16. The zero-order valence-corrected chi connectivity index (χ0v) is 14.6. The number of nitrogens with zero attached hydrogens (tertiary/aromatic N) is 3. The van der Waals surface area contributed by atoms with E-state index < -0.39 is 0 Å². The first-order valence-electron chi connectivity index (χ1n) is 7.65. The number of hydrogen-bond acceptors (Lipinski definition) is 4. The maximum Gasteiger partial charge on any atom is 0.251 e. The minimum atomic E-state index is -0.0818. The third-order valence-electron chi connectivity index (χ3n) is 3.85. The standard InChI is InChI=1S/C17H20N4OS/c1-10(2)13-5-7-14(8-6-13)16(22)18-9-15-11(3)19-17-21(15)20-12(4)23-17/h5-8,10H,9H2,1-4H3,(H,18,22). The van der Waals surface area contributed by atoms with Crippen LogP contribution < -0.4 is 5.32 Å². The maximum atomic E-state index is 12.3. The Hall–Kier alpha value is -2.21. The molecule has 120 valence electrons. The minimum Gasteiger partial charge on any atom is -0.346 e. The number of benzene rings is 1. The number of hydrogen-bond donors (Lipinski definition) is 1. The lowest BCUT2D eigenvalue weighted by molar-refractivity contribution is 0.0950. The molecule has 1 aromatic carbocycles. The SMILES string of the molecule is Cc1nn2c(CNC(=O)c3ccc(C(C)C)cc3)c(C)nc2s1. The summed E-state index contributed by atoms with van der Waals surface area (Å²) in [4.78, 5) is 17.7. The lowest BCUT2D eigenvalue weighted by Gasteiger charge is -2.08. The highest BCUT2D eigenvalue weighted by Crippen LogP contribution is 2.18. The Morgan fingerprint density at radius 3 is 2.61 bits per heavy atom. The van der Waals surface area contributed by atoms with E-state index in [2.05, 4.69) is 29.2 Å². The number of aryl methyl sites for hydroxylation is 2. The van der Waals surface area contributed by atoms with E-state index >= 15 is 0 Å². The Morgan fingerprint density at radius 2 is 1.96 bits per heavy atom. The molecular formula is C17H20N4OS. The molecule has 3 aromatic rings. The molecule has 0 aliphatic heterocycles. The van der Waals surface area contributed by atoms with Gasteiger partial charge in [-0.2, -0.15) is 5.10 Å². The molecular weight excluding hydrogens is 308 g/mol. The average Bonchev–Trinajstić information content (AvgIpc) is 3.00. The van der Waals surface area contributed by atoms with Crippen molar-refractivity contribution in [2.75, 3.05) is 0 Å². The monoisotopic (exact) mass is 328 g/mol. The van der Waals surface area contributed by atoms with Crippen LogP contribution in [0.3, 0.4) is 0 Å². The van der Waals surface area contributed by atoms with Gasteiger partial charge in [0.05, 0.1) is 17.9 Å². The summed E-state index contributed by atoms with van der Waals surface area (Å²) in [5, 5.41) is 8.36. The van der Waals surface area contributed by atoms with Crippen LogP contribution in [-0.4, -0.2) is 20.5 Å². The van der Waals surface area contributed by atoms with Gasteiger partial charge in [0.15, 0.2) is 0 Å². The molecule has 1 amide bonds. The van der Waals surface area contributed by atoms with Gasteiger partial charge in [0.1, 0.15) is 5.01 Å². The fourth-order valence-electron chi connectivity index (χ4n) is 2.47. The first-order chi connectivity index (χ1) is 11.0. The minimum absolute atomic E-state index is 0.0818. The van der Waals surface area contributed by atoms with Crippen LogP contribution in [0, 0.1) is 13.8 Å². The normalized spacial score (nSPS) is 11.3. The van der Waals surface area contributed by atoms with Crippen molar-refractivity contribution in [1.82, 2.24) is 19.9 Å². The summed E-state index contributed by atoms with van der Waals surface area (Å²) >= 11 is 1.55. The van der Waals surface area contributed by atoms with E-state index in [1.807, 2.05) is 42.6 Å². The number of aromatic nitrogens is 3. The Bertz CT molecular complexity index is 845. The first-order valence-corrected chi connectivity index (χ1v) is 8.47. The number of amides is 1. The molecule has 1 N–H and O–H groups in total. The molecule has 2 heterocycles. The van der Waals surface area contributed by atoms with Crippen LogP contribution in [0.1, 0.15) is 52.1 Å². The Kier molecular flexibility index (Phi) is 4.17. The van der Waals surface area contributed by atoms with E-state index in [0.717, 1.165) is 21.4 Å². The second kappa shape index (κ2) is 6.12. The predicted octanol–water partition coefficient (Wildman–Crippen LogP) is 3.46. The first kappa shape index (κ1) is 15.7. The number of carbonyl (C=O) groups excluding carboxylic acids is 1. The van der Waals surface area contributed by atoms with Crippen LogP contribution in [0.2, 0.25) is 0 Å². The molecule has 0 aliphatic rings. The predicted molar refractivity (Wildman–Crippen MR) is 92.0 cm³/mol. The molecule has 5 nitrogen and oxygen atoms in total. The van der Waals surface area contributed by atoms with Crippen molar-refractivity contribution in [2.45, 2.75) is 40.2 Å². The van der Waals surface area contributed by atoms with Crippen molar-refractivity contribution in [3.8, 4) is 0 Å². The molecule has 23 heavy (non-hydrogen) atoms. The summed E-state index contributed by atoms with van der Waals surface area (Å²) in [6.07, 6.45) is 0. The lowest BCUT2D eigenvalue weighted by Crippen LogP contribution is -2.24. The van der Waals surface area contributed by atoms with Gasteiger partial charge in [0.25, 0.3) is 5.91 Å². The van der Waals surface area contributed by atoms with E-state index in [0.29, 0.717) is 18.0 Å². The maximum absolute atomic E-state index is 12.3. The zero-order valence-electron chi connectivity index (χ0n) is 13.8.